The summed E-state index contributed by atoms with van der Waals surface area (Å²) in [6.07, 6.45) is 3.78. The molecule has 3 aromatic rings. The molecule has 0 radical (unpaired) electrons. The first kappa shape index (κ1) is 26.8. The summed E-state index contributed by atoms with van der Waals surface area (Å²) in [6, 6.07) is 15.6. The minimum atomic E-state index is -0.204. The van der Waals surface area contributed by atoms with Crippen LogP contribution in [0.4, 0.5) is 33.6 Å². The molecule has 6 rings (SSSR count). The number of para-hydroxylation sites is 1. The van der Waals surface area contributed by atoms with Gasteiger partial charge in [0.15, 0.2) is 0 Å². The average molecular weight is 553 g/mol. The van der Waals surface area contributed by atoms with Gasteiger partial charge in [0.2, 0.25) is 11.9 Å². The molecule has 3 aliphatic heterocycles. The lowest BCUT2D eigenvalue weighted by Gasteiger charge is -2.39. The van der Waals surface area contributed by atoms with E-state index in [0.717, 1.165) is 43.1 Å². The number of nitrogens with zero attached hydrogens (tertiary/aromatic N) is 7. The Balaban J connectivity index is 1.28. The third kappa shape index (κ3) is 5.35. The minimum Gasteiger partial charge on any atom is -0.369 e. The summed E-state index contributed by atoms with van der Waals surface area (Å²) in [4.78, 5) is 45.8. The van der Waals surface area contributed by atoms with Crippen molar-refractivity contribution in [2.24, 2.45) is 0 Å². The number of carbonyl (C=O) groups is 2. The number of likely N-dealkylation sites (tertiary alicyclic amines) is 1. The van der Waals surface area contributed by atoms with E-state index in [2.05, 4.69) is 58.9 Å². The molecule has 2 aromatic carbocycles. The summed E-state index contributed by atoms with van der Waals surface area (Å²) in [5, 5.41) is 3.36. The van der Waals surface area contributed by atoms with Gasteiger partial charge >= 0.3 is 6.03 Å². The number of hydrogen-bond donors (Lipinski definition) is 1. The fourth-order valence-electron chi connectivity index (χ4n) is 5.92. The van der Waals surface area contributed by atoms with Gasteiger partial charge in [0, 0.05) is 68.1 Å². The van der Waals surface area contributed by atoms with Gasteiger partial charge in [0.05, 0.1) is 12.6 Å². The number of aryl methyl sites for hydroxylation is 1. The second kappa shape index (κ2) is 11.2. The zero-order valence-corrected chi connectivity index (χ0v) is 23.7. The van der Waals surface area contributed by atoms with E-state index in [1.807, 2.05) is 30.3 Å². The predicted molar refractivity (Wildman–Crippen MR) is 162 cm³/mol. The zero-order chi connectivity index (χ0) is 28.5. The summed E-state index contributed by atoms with van der Waals surface area (Å²) in [6.45, 7) is 11.3. The Morgan fingerprint density at radius 1 is 1.07 bits per heavy atom. The Bertz CT molecular complexity index is 1450. The number of benzene rings is 2. The Kier molecular flexibility index (Phi) is 7.32. The van der Waals surface area contributed by atoms with E-state index >= 15 is 0 Å². The summed E-state index contributed by atoms with van der Waals surface area (Å²) in [5.74, 6) is 0.888. The molecule has 0 bridgehead atoms. The quantitative estimate of drug-likeness (QED) is 0.463. The molecule has 0 saturated carbocycles. The number of rotatable bonds is 6. The average Bonchev–Trinajstić information content (AvgIpc) is 3.47. The molecule has 2 saturated heterocycles. The third-order valence-electron chi connectivity index (χ3n) is 8.21. The summed E-state index contributed by atoms with van der Waals surface area (Å²) in [5.41, 5.74) is 4.99. The van der Waals surface area contributed by atoms with Crippen LogP contribution in [0, 0.1) is 6.92 Å². The molecule has 0 spiro atoms. The lowest BCUT2D eigenvalue weighted by Crippen LogP contribution is -2.53. The second-order valence-corrected chi connectivity index (χ2v) is 11.0. The molecule has 212 valence electrons. The molecule has 3 aliphatic rings. The van der Waals surface area contributed by atoms with Crippen molar-refractivity contribution in [1.82, 2.24) is 19.8 Å². The van der Waals surface area contributed by atoms with Crippen LogP contribution in [0.15, 0.2) is 67.4 Å². The minimum absolute atomic E-state index is 0.127. The van der Waals surface area contributed by atoms with Gasteiger partial charge in [-0.05, 0) is 62.4 Å². The van der Waals surface area contributed by atoms with Crippen molar-refractivity contribution in [3.63, 3.8) is 0 Å². The Hall–Kier alpha value is -4.44. The van der Waals surface area contributed by atoms with Crippen LogP contribution in [0.1, 0.15) is 17.5 Å². The molecular formula is C31H36N8O2. The van der Waals surface area contributed by atoms with Crippen molar-refractivity contribution in [3.8, 4) is 0 Å². The largest absolute Gasteiger partial charge is 0.369 e. The molecule has 4 heterocycles. The van der Waals surface area contributed by atoms with Gasteiger partial charge in [0.1, 0.15) is 5.82 Å². The van der Waals surface area contributed by atoms with Gasteiger partial charge in [-0.1, -0.05) is 24.8 Å². The molecule has 3 amide bonds. The molecule has 1 aromatic heterocycles. The van der Waals surface area contributed by atoms with Crippen LogP contribution in [-0.2, 0) is 11.3 Å². The van der Waals surface area contributed by atoms with Crippen LogP contribution in [0.25, 0.3) is 0 Å². The molecule has 1 N–H and O–H groups in total. The highest BCUT2D eigenvalue weighted by molar-refractivity contribution is 6.06. The number of piperazine rings is 1. The van der Waals surface area contributed by atoms with E-state index in [0.29, 0.717) is 37.8 Å². The van der Waals surface area contributed by atoms with E-state index < -0.39 is 0 Å². The van der Waals surface area contributed by atoms with Crippen molar-refractivity contribution in [2.75, 3.05) is 66.3 Å². The lowest BCUT2D eigenvalue weighted by molar-refractivity contribution is -0.125. The molecule has 10 nitrogen and oxygen atoms in total. The van der Waals surface area contributed by atoms with Gasteiger partial charge in [0.25, 0.3) is 0 Å². The highest BCUT2D eigenvalue weighted by atomic mass is 16.2. The number of hydrogen-bond acceptors (Lipinski definition) is 7. The molecule has 2 fully saturated rings. The SMILES string of the molecule is C=CC(=O)N1CCC(N2C(=O)N(c3ccccc3)Cc3cnc(Nc4ccc(N5CCN(C)CC5)c(C)c4)nc32)C1. The zero-order valence-electron chi connectivity index (χ0n) is 23.7. The first-order valence-electron chi connectivity index (χ1n) is 14.2. The molecule has 0 aliphatic carbocycles. The number of anilines is 5. The maximum absolute atomic E-state index is 14.0. The van der Waals surface area contributed by atoms with Crippen LogP contribution >= 0.6 is 0 Å². The molecule has 1 atom stereocenters. The van der Waals surface area contributed by atoms with Crippen molar-refractivity contribution in [3.05, 3.63) is 78.5 Å². The van der Waals surface area contributed by atoms with Crippen molar-refractivity contribution in [1.29, 1.82) is 0 Å². The van der Waals surface area contributed by atoms with E-state index in [-0.39, 0.29) is 18.0 Å². The van der Waals surface area contributed by atoms with Crippen LogP contribution in [0.3, 0.4) is 0 Å². The first-order valence-corrected chi connectivity index (χ1v) is 14.2. The monoisotopic (exact) mass is 552 g/mol. The van der Waals surface area contributed by atoms with Crippen molar-refractivity contribution >= 4 is 40.8 Å². The number of fused-ring (bicyclic) bond motifs is 1. The third-order valence-corrected chi connectivity index (χ3v) is 8.21. The number of likely N-dealkylation sites (N-methyl/N-ethyl adjacent to an activating group) is 1. The predicted octanol–water partition coefficient (Wildman–Crippen LogP) is 4.01. The smallest absolute Gasteiger partial charge is 0.330 e. The Morgan fingerprint density at radius 3 is 2.59 bits per heavy atom. The van der Waals surface area contributed by atoms with E-state index in [9.17, 15) is 9.59 Å². The number of nitrogens with one attached hydrogen (secondary N) is 1. The number of urea groups is 1. The van der Waals surface area contributed by atoms with Crippen LogP contribution in [-0.4, -0.2) is 84.1 Å². The van der Waals surface area contributed by atoms with Gasteiger partial charge < -0.3 is 20.0 Å². The second-order valence-electron chi connectivity index (χ2n) is 11.0. The number of amides is 3. The standard InChI is InChI=1S/C31H36N8O2/c1-4-28(40)37-13-12-26(21-37)39-29-23(20-38(31(39)41)25-8-6-5-7-9-25)19-32-30(34-29)33-24-10-11-27(22(2)18-24)36-16-14-35(3)15-17-36/h4-11,18-19,26H,1,12-17,20-21H2,2-3H3,(H,32,33,34). The lowest BCUT2D eigenvalue weighted by atomic mass is 10.1. The van der Waals surface area contributed by atoms with Crippen molar-refractivity contribution < 1.29 is 9.59 Å². The summed E-state index contributed by atoms with van der Waals surface area (Å²) in [7, 11) is 2.16. The fraction of sp³-hybridized carbons (Fsp3) is 0.355. The van der Waals surface area contributed by atoms with E-state index in [1.165, 1.54) is 17.3 Å². The Labute approximate surface area is 240 Å². The normalized spacial score (nSPS) is 19.4. The summed E-state index contributed by atoms with van der Waals surface area (Å²) < 4.78 is 0. The maximum atomic E-state index is 14.0. The molecule has 1 unspecified atom stereocenters. The Morgan fingerprint density at radius 2 is 1.85 bits per heavy atom. The first-order chi connectivity index (χ1) is 19.9. The van der Waals surface area contributed by atoms with Gasteiger partial charge in [-0.25, -0.2) is 9.78 Å². The maximum Gasteiger partial charge on any atom is 0.330 e. The van der Waals surface area contributed by atoms with Crippen molar-refractivity contribution in [2.45, 2.75) is 25.9 Å². The highest BCUT2D eigenvalue weighted by Gasteiger charge is 2.40. The fourth-order valence-corrected chi connectivity index (χ4v) is 5.92. The van der Waals surface area contributed by atoms with Crippen LogP contribution < -0.4 is 20.0 Å². The summed E-state index contributed by atoms with van der Waals surface area (Å²) >= 11 is 0. The molecule has 10 heteroatoms. The molecule has 41 heavy (non-hydrogen) atoms. The van der Waals surface area contributed by atoms with Crippen LogP contribution in [0.2, 0.25) is 0 Å². The van der Waals surface area contributed by atoms with E-state index in [4.69, 9.17) is 4.98 Å². The van der Waals surface area contributed by atoms with Crippen LogP contribution in [0.5, 0.6) is 0 Å². The van der Waals surface area contributed by atoms with Gasteiger partial charge in [-0.2, -0.15) is 4.98 Å². The van der Waals surface area contributed by atoms with E-state index in [1.54, 1.807) is 20.9 Å². The topological polar surface area (TPSA) is 88.1 Å². The van der Waals surface area contributed by atoms with Gasteiger partial charge in [-0.3, -0.25) is 14.6 Å². The number of aromatic nitrogens is 2. The highest BCUT2D eigenvalue weighted by Crippen LogP contribution is 2.35. The molecular weight excluding hydrogens is 516 g/mol. The van der Waals surface area contributed by atoms with Gasteiger partial charge in [-0.15, -0.1) is 0 Å². The number of carbonyl (C=O) groups excluding carboxylic acids is 2.